The summed E-state index contributed by atoms with van der Waals surface area (Å²) in [6.07, 6.45) is 0. The van der Waals surface area contributed by atoms with Gasteiger partial charge < -0.3 is 15.3 Å². The molecule has 0 radical (unpaired) electrons. The van der Waals surface area contributed by atoms with Crippen LogP contribution in [0.25, 0.3) is 0 Å². The van der Waals surface area contributed by atoms with Gasteiger partial charge in [0.15, 0.2) is 0 Å². The molecule has 94 valence electrons. The summed E-state index contributed by atoms with van der Waals surface area (Å²) in [6, 6.07) is 2.36. The van der Waals surface area contributed by atoms with Crippen molar-refractivity contribution < 1.29 is 18.7 Å². The number of aliphatic hydroxyl groups excluding tert-OH is 1. The second kappa shape index (κ2) is 6.15. The van der Waals surface area contributed by atoms with Crippen LogP contribution >= 0.6 is 0 Å². The van der Waals surface area contributed by atoms with E-state index in [1.54, 1.807) is 6.92 Å². The second-order valence-electron chi connectivity index (χ2n) is 3.36. The zero-order chi connectivity index (χ0) is 12.8. The molecule has 17 heavy (non-hydrogen) atoms. The Morgan fingerprint density at radius 2 is 2.18 bits per heavy atom. The Kier molecular flexibility index (Phi) is 4.84. The van der Waals surface area contributed by atoms with Crippen LogP contribution in [0.2, 0.25) is 0 Å². The summed E-state index contributed by atoms with van der Waals surface area (Å²) in [6.45, 7) is 2.10. The number of nitrogens with zero attached hydrogens (tertiary/aromatic N) is 1. The highest BCUT2D eigenvalue weighted by Crippen LogP contribution is 2.15. The van der Waals surface area contributed by atoms with Gasteiger partial charge in [-0.25, -0.2) is 13.6 Å². The van der Waals surface area contributed by atoms with E-state index in [0.717, 1.165) is 12.1 Å². The number of likely N-dealkylation sites (N-methyl/N-ethyl adjacent to an activating group) is 1. The van der Waals surface area contributed by atoms with Crippen LogP contribution < -0.4 is 5.32 Å². The summed E-state index contributed by atoms with van der Waals surface area (Å²) in [5.74, 6) is -1.54. The highest BCUT2D eigenvalue weighted by Gasteiger charge is 2.13. The standard InChI is InChI=1S/C11H14F2N2O2/c1-2-15(5-6-16)11(17)14-10-4-3-8(12)7-9(10)13/h3-4,7,16H,2,5-6H2,1H3,(H,14,17). The van der Waals surface area contributed by atoms with E-state index in [1.807, 2.05) is 0 Å². The number of urea groups is 1. The fourth-order valence-corrected chi connectivity index (χ4v) is 1.31. The summed E-state index contributed by atoms with van der Waals surface area (Å²) >= 11 is 0. The van der Waals surface area contributed by atoms with Crippen LogP contribution in [0.4, 0.5) is 19.3 Å². The molecule has 1 rings (SSSR count). The van der Waals surface area contributed by atoms with Crippen molar-refractivity contribution in [1.29, 1.82) is 0 Å². The van der Waals surface area contributed by atoms with Crippen molar-refractivity contribution in [3.63, 3.8) is 0 Å². The van der Waals surface area contributed by atoms with Crippen molar-refractivity contribution in [1.82, 2.24) is 4.90 Å². The molecule has 0 aliphatic heterocycles. The van der Waals surface area contributed by atoms with E-state index in [0.29, 0.717) is 12.6 Å². The van der Waals surface area contributed by atoms with Gasteiger partial charge in [-0.15, -0.1) is 0 Å². The molecule has 0 aliphatic rings. The number of rotatable bonds is 4. The number of halogens is 2. The Morgan fingerprint density at radius 1 is 1.47 bits per heavy atom. The topological polar surface area (TPSA) is 52.6 Å². The zero-order valence-corrected chi connectivity index (χ0v) is 9.41. The molecule has 0 heterocycles. The molecule has 0 aromatic heterocycles. The molecule has 1 aromatic carbocycles. The molecule has 0 fully saturated rings. The lowest BCUT2D eigenvalue weighted by Gasteiger charge is -2.20. The van der Waals surface area contributed by atoms with Crippen LogP contribution in [0.15, 0.2) is 18.2 Å². The number of anilines is 1. The third kappa shape index (κ3) is 3.67. The summed E-state index contributed by atoms with van der Waals surface area (Å²) in [5.41, 5.74) is -0.0900. The Balaban J connectivity index is 2.73. The van der Waals surface area contributed by atoms with E-state index in [9.17, 15) is 13.6 Å². The van der Waals surface area contributed by atoms with Gasteiger partial charge in [-0.05, 0) is 19.1 Å². The minimum absolute atomic E-state index is 0.0900. The molecule has 0 spiro atoms. The third-order valence-electron chi connectivity index (χ3n) is 2.21. The molecule has 4 nitrogen and oxygen atoms in total. The Hall–Kier alpha value is -1.69. The van der Waals surface area contributed by atoms with E-state index in [4.69, 9.17) is 5.11 Å². The van der Waals surface area contributed by atoms with Crippen LogP contribution in [0.5, 0.6) is 0 Å². The van der Waals surface area contributed by atoms with Crippen molar-refractivity contribution in [3.8, 4) is 0 Å². The zero-order valence-electron chi connectivity index (χ0n) is 9.41. The SMILES string of the molecule is CCN(CCO)C(=O)Nc1ccc(F)cc1F. The Morgan fingerprint density at radius 3 is 2.71 bits per heavy atom. The average molecular weight is 244 g/mol. The molecule has 0 saturated carbocycles. The maximum absolute atomic E-state index is 13.2. The van der Waals surface area contributed by atoms with Gasteiger partial charge in [0.25, 0.3) is 0 Å². The molecule has 2 amide bonds. The van der Waals surface area contributed by atoms with Gasteiger partial charge in [-0.3, -0.25) is 0 Å². The number of carbonyl (C=O) groups is 1. The van der Waals surface area contributed by atoms with Crippen molar-refractivity contribution in [2.45, 2.75) is 6.92 Å². The molecule has 0 atom stereocenters. The number of hydrogen-bond acceptors (Lipinski definition) is 2. The van der Waals surface area contributed by atoms with Gasteiger partial charge in [-0.1, -0.05) is 0 Å². The smallest absolute Gasteiger partial charge is 0.321 e. The molecule has 0 bridgehead atoms. The van der Waals surface area contributed by atoms with Gasteiger partial charge in [0.1, 0.15) is 11.6 Å². The van der Waals surface area contributed by atoms with Crippen molar-refractivity contribution in [2.75, 3.05) is 25.0 Å². The lowest BCUT2D eigenvalue weighted by Crippen LogP contribution is -2.37. The maximum Gasteiger partial charge on any atom is 0.321 e. The van der Waals surface area contributed by atoms with E-state index >= 15 is 0 Å². The molecule has 0 saturated heterocycles. The average Bonchev–Trinajstić information content (AvgIpc) is 2.29. The van der Waals surface area contributed by atoms with E-state index in [-0.39, 0.29) is 18.8 Å². The molecule has 1 aromatic rings. The van der Waals surface area contributed by atoms with Gasteiger partial charge >= 0.3 is 6.03 Å². The van der Waals surface area contributed by atoms with Crippen molar-refractivity contribution >= 4 is 11.7 Å². The monoisotopic (exact) mass is 244 g/mol. The number of carbonyl (C=O) groups excluding carboxylic acids is 1. The van der Waals surface area contributed by atoms with Crippen LogP contribution in [-0.4, -0.2) is 35.7 Å². The van der Waals surface area contributed by atoms with Gasteiger partial charge in [0.2, 0.25) is 0 Å². The van der Waals surface area contributed by atoms with Gasteiger partial charge in [-0.2, -0.15) is 0 Å². The predicted molar refractivity (Wildman–Crippen MR) is 59.7 cm³/mol. The molecule has 0 aliphatic carbocycles. The predicted octanol–water partition coefficient (Wildman–Crippen LogP) is 1.81. The fraction of sp³-hybridized carbons (Fsp3) is 0.364. The molecule has 2 N–H and O–H groups in total. The highest BCUT2D eigenvalue weighted by molar-refractivity contribution is 5.89. The van der Waals surface area contributed by atoms with Gasteiger partial charge in [0, 0.05) is 19.2 Å². The van der Waals surface area contributed by atoms with Crippen molar-refractivity contribution in [2.24, 2.45) is 0 Å². The van der Waals surface area contributed by atoms with Gasteiger partial charge in [0.05, 0.1) is 12.3 Å². The molecule has 0 unspecified atom stereocenters. The third-order valence-corrected chi connectivity index (χ3v) is 2.21. The molecular weight excluding hydrogens is 230 g/mol. The first kappa shape index (κ1) is 13.4. The highest BCUT2D eigenvalue weighted by atomic mass is 19.1. The number of benzene rings is 1. The van der Waals surface area contributed by atoms with E-state index in [1.165, 1.54) is 4.90 Å². The van der Waals surface area contributed by atoms with Crippen molar-refractivity contribution in [3.05, 3.63) is 29.8 Å². The quantitative estimate of drug-likeness (QED) is 0.848. The minimum Gasteiger partial charge on any atom is -0.395 e. The summed E-state index contributed by atoms with van der Waals surface area (Å²) in [4.78, 5) is 12.9. The maximum atomic E-state index is 13.2. The lowest BCUT2D eigenvalue weighted by molar-refractivity contribution is 0.192. The Labute approximate surface area is 97.9 Å². The number of aliphatic hydroxyl groups is 1. The van der Waals surface area contributed by atoms with E-state index < -0.39 is 17.7 Å². The van der Waals surface area contributed by atoms with Crippen LogP contribution in [-0.2, 0) is 0 Å². The number of hydrogen-bond donors (Lipinski definition) is 2. The molecular formula is C11H14F2N2O2. The second-order valence-corrected chi connectivity index (χ2v) is 3.36. The fourth-order valence-electron chi connectivity index (χ4n) is 1.31. The van der Waals surface area contributed by atoms with E-state index in [2.05, 4.69) is 5.32 Å². The first-order valence-electron chi connectivity index (χ1n) is 5.20. The largest absolute Gasteiger partial charge is 0.395 e. The molecule has 6 heteroatoms. The van der Waals surface area contributed by atoms with Crippen LogP contribution in [0.1, 0.15) is 6.92 Å². The summed E-state index contributed by atoms with van der Waals surface area (Å²) < 4.78 is 25.9. The lowest BCUT2D eigenvalue weighted by atomic mass is 10.3. The first-order valence-corrected chi connectivity index (χ1v) is 5.20. The summed E-state index contributed by atoms with van der Waals surface area (Å²) in [7, 11) is 0. The van der Waals surface area contributed by atoms with Crippen LogP contribution in [0, 0.1) is 11.6 Å². The summed E-state index contributed by atoms with van der Waals surface area (Å²) in [5, 5.41) is 11.0. The minimum atomic E-state index is -0.835. The number of amides is 2. The number of nitrogens with one attached hydrogen (secondary N) is 1. The normalized spacial score (nSPS) is 10.1. The van der Waals surface area contributed by atoms with Crippen LogP contribution in [0.3, 0.4) is 0 Å². The Bertz CT molecular complexity index is 399. The first-order chi connectivity index (χ1) is 8.08.